The molecule has 2 unspecified atom stereocenters. The van der Waals surface area contributed by atoms with Crippen LogP contribution in [0.3, 0.4) is 0 Å². The number of pyridine rings is 1. The monoisotopic (exact) mass is 564 g/mol. The summed E-state index contributed by atoms with van der Waals surface area (Å²) < 4.78 is 11.3. The summed E-state index contributed by atoms with van der Waals surface area (Å²) >= 11 is 0. The number of methoxy groups -OCH3 is 2. The van der Waals surface area contributed by atoms with Crippen molar-refractivity contribution >= 4 is 29.2 Å². The highest BCUT2D eigenvalue weighted by molar-refractivity contribution is 6.21. The lowest BCUT2D eigenvalue weighted by Gasteiger charge is -2.46. The van der Waals surface area contributed by atoms with Crippen LogP contribution in [0.5, 0.6) is 0 Å². The van der Waals surface area contributed by atoms with Crippen LogP contribution in [0.1, 0.15) is 38.2 Å². The van der Waals surface area contributed by atoms with Gasteiger partial charge in [-0.1, -0.05) is 30.0 Å². The maximum atomic E-state index is 14.4. The summed E-state index contributed by atoms with van der Waals surface area (Å²) in [5, 5.41) is 10.5. The second kappa shape index (κ2) is 11.7. The molecule has 4 aromatic rings. The molecular formula is C31H28N6O5. The molecule has 11 nitrogen and oxygen atoms in total. The number of carboxylic acids is 1. The molecule has 0 bridgehead atoms. The van der Waals surface area contributed by atoms with Crippen LogP contribution in [0.2, 0.25) is 0 Å². The lowest BCUT2D eigenvalue weighted by Crippen LogP contribution is -2.67. The smallest absolute Gasteiger partial charge is 0.349 e. The first kappa shape index (κ1) is 28.2. The Morgan fingerprint density at radius 2 is 1.81 bits per heavy atom. The van der Waals surface area contributed by atoms with Crippen molar-refractivity contribution in [2.24, 2.45) is 0 Å². The predicted molar refractivity (Wildman–Crippen MR) is 155 cm³/mol. The number of carboxylic acid groups (broad SMARTS) is 1. The molecule has 0 amide bonds. The van der Waals surface area contributed by atoms with Crippen LogP contribution >= 0.6 is 0 Å². The van der Waals surface area contributed by atoms with E-state index < -0.39 is 23.6 Å². The Hall–Kier alpha value is -5.31. The number of aliphatic carboxylic acids is 1. The highest BCUT2D eigenvalue weighted by atomic mass is 16.6. The summed E-state index contributed by atoms with van der Waals surface area (Å²) in [5.41, 5.74) is 13.1. The van der Waals surface area contributed by atoms with Gasteiger partial charge in [-0.05, 0) is 47.5 Å². The molecule has 0 fully saturated rings. The average molecular weight is 565 g/mol. The largest absolute Gasteiger partial charge is 0.479 e. The number of rotatable bonds is 7. The normalized spacial score (nSPS) is 17.7. The highest BCUT2D eigenvalue weighted by Gasteiger charge is 2.61. The molecular weight excluding hydrogens is 536 g/mol. The fraction of sp³-hybridized carbons (Fsp3) is 0.194. The molecule has 0 spiro atoms. The van der Waals surface area contributed by atoms with Gasteiger partial charge in [0.15, 0.2) is 6.23 Å². The van der Waals surface area contributed by atoms with Crippen LogP contribution in [0.15, 0.2) is 73.2 Å². The number of hydrogen-bond acceptors (Lipinski definition) is 10. The molecule has 2 aromatic heterocycles. The molecule has 5 rings (SSSR count). The Morgan fingerprint density at radius 1 is 1.07 bits per heavy atom. The Labute approximate surface area is 242 Å². The summed E-state index contributed by atoms with van der Waals surface area (Å²) in [6.45, 7) is 0.196. The number of fused-ring (bicyclic) bond motifs is 1. The first-order chi connectivity index (χ1) is 20.3. The number of ketones is 1. The standard InChI is InChI=1S/C31H28N6O5/c1-41-28-31(42-2,29(39)40)26(38)25-23(16-22-17-35-30(33)36-27(22)32)21(9-8-19-6-4-3-5-7-19)10-11-24(25)37(28)18-20-12-14-34-15-13-20/h3-7,10-15,17,28H,16,18H2,1-2H3,(H,39,40)(H4,32,33,35,36). The number of ether oxygens (including phenoxy) is 2. The Morgan fingerprint density at radius 3 is 2.45 bits per heavy atom. The average Bonchev–Trinajstić information content (AvgIpc) is 2.99. The molecule has 1 aliphatic rings. The molecule has 0 saturated carbocycles. The Kier molecular flexibility index (Phi) is 7.84. The van der Waals surface area contributed by atoms with Gasteiger partial charge < -0.3 is 30.9 Å². The fourth-order valence-corrected chi connectivity index (χ4v) is 5.12. The summed E-state index contributed by atoms with van der Waals surface area (Å²) in [6.07, 6.45) is 3.51. The lowest BCUT2D eigenvalue weighted by molar-refractivity contribution is -0.171. The second-order valence-corrected chi connectivity index (χ2v) is 9.56. The van der Waals surface area contributed by atoms with E-state index in [2.05, 4.69) is 26.8 Å². The van der Waals surface area contributed by atoms with E-state index in [1.807, 2.05) is 30.3 Å². The lowest BCUT2D eigenvalue weighted by atomic mass is 9.79. The van der Waals surface area contributed by atoms with Crippen molar-refractivity contribution in [2.75, 3.05) is 30.6 Å². The predicted octanol–water partition coefficient (Wildman–Crippen LogP) is 2.67. The third-order valence-electron chi connectivity index (χ3n) is 7.16. The topological polar surface area (TPSA) is 167 Å². The van der Waals surface area contributed by atoms with E-state index in [4.69, 9.17) is 20.9 Å². The minimum atomic E-state index is -2.39. The van der Waals surface area contributed by atoms with E-state index in [1.165, 1.54) is 20.4 Å². The zero-order valence-electron chi connectivity index (χ0n) is 22.9. The van der Waals surface area contributed by atoms with Crippen molar-refractivity contribution in [1.29, 1.82) is 0 Å². The molecule has 42 heavy (non-hydrogen) atoms. The van der Waals surface area contributed by atoms with Crippen LogP contribution in [0.25, 0.3) is 0 Å². The van der Waals surface area contributed by atoms with Gasteiger partial charge >= 0.3 is 5.97 Å². The summed E-state index contributed by atoms with van der Waals surface area (Å²) in [6, 6.07) is 16.5. The van der Waals surface area contributed by atoms with Gasteiger partial charge in [0.05, 0.1) is 5.69 Å². The quantitative estimate of drug-likeness (QED) is 0.223. The van der Waals surface area contributed by atoms with Gasteiger partial charge in [0.2, 0.25) is 11.7 Å². The molecule has 11 heteroatoms. The molecule has 0 radical (unpaired) electrons. The van der Waals surface area contributed by atoms with Gasteiger partial charge in [-0.3, -0.25) is 9.78 Å². The Bertz CT molecular complexity index is 1700. The Balaban J connectivity index is 1.79. The van der Waals surface area contributed by atoms with E-state index in [0.29, 0.717) is 22.4 Å². The van der Waals surface area contributed by atoms with Gasteiger partial charge in [0.1, 0.15) is 5.82 Å². The van der Waals surface area contributed by atoms with Crippen LogP contribution in [-0.2, 0) is 27.2 Å². The molecule has 5 N–H and O–H groups in total. The van der Waals surface area contributed by atoms with Crippen molar-refractivity contribution in [2.45, 2.75) is 24.8 Å². The zero-order chi connectivity index (χ0) is 29.9. The van der Waals surface area contributed by atoms with E-state index in [9.17, 15) is 14.7 Å². The SMILES string of the molecule is COC1N(Cc2ccncc2)c2ccc(C#Cc3ccccc3)c(Cc3cnc(N)nc3N)c2C(=O)C1(OC)C(=O)O. The fourth-order valence-electron chi connectivity index (χ4n) is 5.12. The molecule has 2 atom stereocenters. The number of benzene rings is 2. The van der Waals surface area contributed by atoms with Crippen LogP contribution in [0.4, 0.5) is 17.5 Å². The number of nitrogens with two attached hydrogens (primary N) is 2. The molecule has 2 aromatic carbocycles. The first-order valence-electron chi connectivity index (χ1n) is 12.9. The first-order valence-corrected chi connectivity index (χ1v) is 12.9. The number of aromatic nitrogens is 3. The van der Waals surface area contributed by atoms with Gasteiger partial charge in [0, 0.05) is 68.0 Å². The summed E-state index contributed by atoms with van der Waals surface area (Å²) in [5.74, 6) is 4.15. The van der Waals surface area contributed by atoms with Crippen LogP contribution < -0.4 is 16.4 Å². The molecule has 0 saturated heterocycles. The van der Waals surface area contributed by atoms with E-state index in [0.717, 1.165) is 11.1 Å². The number of carbonyl (C=O) groups is 2. The van der Waals surface area contributed by atoms with Crippen molar-refractivity contribution in [1.82, 2.24) is 15.0 Å². The molecule has 3 heterocycles. The second-order valence-electron chi connectivity index (χ2n) is 9.56. The minimum Gasteiger partial charge on any atom is -0.479 e. The van der Waals surface area contributed by atoms with Crippen molar-refractivity contribution in [3.05, 3.63) is 107 Å². The highest BCUT2D eigenvalue weighted by Crippen LogP contribution is 2.43. The molecule has 0 aliphatic carbocycles. The van der Waals surface area contributed by atoms with Gasteiger partial charge in [-0.2, -0.15) is 4.98 Å². The number of hydrogen-bond donors (Lipinski definition) is 3. The van der Waals surface area contributed by atoms with E-state index in [1.54, 1.807) is 41.6 Å². The summed E-state index contributed by atoms with van der Waals surface area (Å²) in [4.78, 5) is 41.2. The maximum absolute atomic E-state index is 14.4. The number of Topliss-reactive ketones (excluding diaryl/α,β-unsaturated/α-hetero) is 1. The third kappa shape index (κ3) is 5.01. The number of anilines is 3. The van der Waals surface area contributed by atoms with Crippen LogP contribution in [-0.4, -0.2) is 57.9 Å². The molecule has 1 aliphatic heterocycles. The van der Waals surface area contributed by atoms with Gasteiger partial charge in [0.25, 0.3) is 5.60 Å². The van der Waals surface area contributed by atoms with E-state index >= 15 is 0 Å². The summed E-state index contributed by atoms with van der Waals surface area (Å²) in [7, 11) is 2.52. The maximum Gasteiger partial charge on any atom is 0.349 e. The number of carbonyl (C=O) groups excluding carboxylic acids is 1. The van der Waals surface area contributed by atoms with Crippen molar-refractivity contribution in [3.8, 4) is 11.8 Å². The number of nitrogens with zero attached hydrogens (tertiary/aromatic N) is 4. The van der Waals surface area contributed by atoms with Gasteiger partial charge in [-0.25, -0.2) is 9.78 Å². The number of nitrogen functional groups attached to an aromatic ring is 2. The third-order valence-corrected chi connectivity index (χ3v) is 7.16. The zero-order valence-corrected chi connectivity index (χ0v) is 22.9. The van der Waals surface area contributed by atoms with Crippen molar-refractivity contribution < 1.29 is 24.2 Å². The molecule has 212 valence electrons. The van der Waals surface area contributed by atoms with E-state index in [-0.39, 0.29) is 30.3 Å². The van der Waals surface area contributed by atoms with Crippen LogP contribution in [0, 0.1) is 11.8 Å². The van der Waals surface area contributed by atoms with Crippen molar-refractivity contribution in [3.63, 3.8) is 0 Å². The minimum absolute atomic E-state index is 0.00208. The van der Waals surface area contributed by atoms with Gasteiger partial charge in [-0.15, -0.1) is 0 Å².